The van der Waals surface area contributed by atoms with Gasteiger partial charge in [-0.1, -0.05) is 18.5 Å². The lowest BCUT2D eigenvalue weighted by molar-refractivity contribution is 0.597. The second-order valence-electron chi connectivity index (χ2n) is 5.65. The standard InChI is InChI=1S/C17H16ClN3O2S2/c1-2-25(22,23)15-4-11(3-14(18)6-15)8-20-17-12(7-19)5-13-9-24-10-16(13)21-17/h3-6H,2,8-10H2,1H3,(H,20,21). The number of benzene rings is 1. The number of anilines is 1. The van der Waals surface area contributed by atoms with Crippen LogP contribution in [0.4, 0.5) is 5.82 Å². The zero-order chi connectivity index (χ0) is 18.0. The van der Waals surface area contributed by atoms with Gasteiger partial charge >= 0.3 is 0 Å². The van der Waals surface area contributed by atoms with E-state index in [4.69, 9.17) is 11.6 Å². The molecular formula is C17H16ClN3O2S2. The Bertz CT molecular complexity index is 969. The Morgan fingerprint density at radius 3 is 2.84 bits per heavy atom. The molecule has 0 saturated heterocycles. The maximum absolute atomic E-state index is 12.1. The van der Waals surface area contributed by atoms with Crippen molar-refractivity contribution in [3.63, 3.8) is 0 Å². The largest absolute Gasteiger partial charge is 0.365 e. The molecule has 1 aliphatic rings. The smallest absolute Gasteiger partial charge is 0.178 e. The van der Waals surface area contributed by atoms with Crippen LogP contribution in [-0.2, 0) is 27.9 Å². The van der Waals surface area contributed by atoms with Gasteiger partial charge in [-0.2, -0.15) is 17.0 Å². The number of halogens is 1. The van der Waals surface area contributed by atoms with Crippen LogP contribution in [-0.4, -0.2) is 19.2 Å². The molecule has 1 aromatic carbocycles. The first-order chi connectivity index (χ1) is 11.9. The summed E-state index contributed by atoms with van der Waals surface area (Å²) in [4.78, 5) is 4.75. The fourth-order valence-corrected chi connectivity index (χ4v) is 4.88. The molecule has 0 fully saturated rings. The summed E-state index contributed by atoms with van der Waals surface area (Å²) in [6.45, 7) is 1.93. The average Bonchev–Trinajstić information content (AvgIpc) is 3.05. The van der Waals surface area contributed by atoms with E-state index in [1.54, 1.807) is 30.8 Å². The monoisotopic (exact) mass is 393 g/mol. The van der Waals surface area contributed by atoms with E-state index in [2.05, 4.69) is 16.4 Å². The van der Waals surface area contributed by atoms with E-state index in [0.717, 1.165) is 28.3 Å². The van der Waals surface area contributed by atoms with Gasteiger partial charge < -0.3 is 5.32 Å². The van der Waals surface area contributed by atoms with Gasteiger partial charge in [0.15, 0.2) is 9.84 Å². The second kappa shape index (κ2) is 7.24. The highest BCUT2D eigenvalue weighted by atomic mass is 35.5. The van der Waals surface area contributed by atoms with Gasteiger partial charge in [0.25, 0.3) is 0 Å². The summed E-state index contributed by atoms with van der Waals surface area (Å²) in [6.07, 6.45) is 0. The first kappa shape index (κ1) is 18.1. The molecule has 2 aromatic rings. The molecule has 8 heteroatoms. The number of nitrogens with one attached hydrogen (secondary N) is 1. The average molecular weight is 394 g/mol. The minimum atomic E-state index is -3.33. The molecule has 0 spiro atoms. The third-order valence-corrected chi connectivity index (χ3v) is 6.86. The van der Waals surface area contributed by atoms with Gasteiger partial charge in [0, 0.05) is 23.1 Å². The molecule has 0 radical (unpaired) electrons. The van der Waals surface area contributed by atoms with Crippen LogP contribution in [0.3, 0.4) is 0 Å². The lowest BCUT2D eigenvalue weighted by Crippen LogP contribution is -2.08. The number of aromatic nitrogens is 1. The van der Waals surface area contributed by atoms with Gasteiger partial charge in [-0.3, -0.25) is 0 Å². The van der Waals surface area contributed by atoms with E-state index in [-0.39, 0.29) is 10.6 Å². The summed E-state index contributed by atoms with van der Waals surface area (Å²) in [7, 11) is -3.33. The Morgan fingerprint density at radius 1 is 1.32 bits per heavy atom. The normalized spacial score (nSPS) is 13.3. The molecule has 1 aromatic heterocycles. The number of pyridine rings is 1. The summed E-state index contributed by atoms with van der Waals surface area (Å²) in [5.74, 6) is 2.25. The van der Waals surface area contributed by atoms with Crippen molar-refractivity contribution in [3.8, 4) is 6.07 Å². The third-order valence-electron chi connectivity index (χ3n) is 3.94. The van der Waals surface area contributed by atoms with Gasteiger partial charge in [-0.15, -0.1) is 0 Å². The molecule has 0 saturated carbocycles. The molecule has 1 N–H and O–H groups in total. The van der Waals surface area contributed by atoms with Crippen LogP contribution >= 0.6 is 23.4 Å². The van der Waals surface area contributed by atoms with Crippen molar-refractivity contribution in [1.29, 1.82) is 5.26 Å². The van der Waals surface area contributed by atoms with Crippen LogP contribution < -0.4 is 5.32 Å². The van der Waals surface area contributed by atoms with Crippen LogP contribution in [0.1, 0.15) is 29.3 Å². The fourth-order valence-electron chi connectivity index (χ4n) is 2.58. The number of rotatable bonds is 5. The Kier molecular flexibility index (Phi) is 5.23. The van der Waals surface area contributed by atoms with Crippen LogP contribution in [0.2, 0.25) is 5.02 Å². The maximum atomic E-state index is 12.1. The number of hydrogen-bond acceptors (Lipinski definition) is 6. The number of nitrogens with zero attached hydrogens (tertiary/aromatic N) is 2. The topological polar surface area (TPSA) is 82.8 Å². The highest BCUT2D eigenvalue weighted by molar-refractivity contribution is 7.98. The van der Waals surface area contributed by atoms with Crippen molar-refractivity contribution < 1.29 is 8.42 Å². The summed E-state index contributed by atoms with van der Waals surface area (Å²) >= 11 is 7.84. The molecule has 0 aliphatic carbocycles. The Hall–Kier alpha value is -1.75. The third kappa shape index (κ3) is 3.92. The maximum Gasteiger partial charge on any atom is 0.178 e. The highest BCUT2D eigenvalue weighted by Gasteiger charge is 2.17. The van der Waals surface area contributed by atoms with Gasteiger partial charge in [0.1, 0.15) is 11.9 Å². The first-order valence-corrected chi connectivity index (χ1v) is 10.9. The molecule has 1 aliphatic heterocycles. The predicted molar refractivity (Wildman–Crippen MR) is 100 cm³/mol. The van der Waals surface area contributed by atoms with E-state index in [9.17, 15) is 13.7 Å². The molecule has 130 valence electrons. The number of hydrogen-bond donors (Lipinski definition) is 1. The van der Waals surface area contributed by atoms with Crippen molar-refractivity contribution in [2.45, 2.75) is 29.9 Å². The van der Waals surface area contributed by atoms with E-state index < -0.39 is 9.84 Å². The number of thioether (sulfide) groups is 1. The lowest BCUT2D eigenvalue weighted by atomic mass is 10.1. The van der Waals surface area contributed by atoms with Crippen LogP contribution in [0, 0.1) is 11.3 Å². The summed E-state index contributed by atoms with van der Waals surface area (Å²) < 4.78 is 24.1. The highest BCUT2D eigenvalue weighted by Crippen LogP contribution is 2.31. The lowest BCUT2D eigenvalue weighted by Gasteiger charge is -2.11. The number of fused-ring (bicyclic) bond motifs is 1. The molecule has 3 rings (SSSR count). The fraction of sp³-hybridized carbons (Fsp3) is 0.294. The van der Waals surface area contributed by atoms with Crippen LogP contribution in [0.5, 0.6) is 0 Å². The van der Waals surface area contributed by atoms with Crippen molar-refractivity contribution >= 4 is 39.0 Å². The SMILES string of the molecule is CCS(=O)(=O)c1cc(Cl)cc(CNc2nc3c(cc2C#N)CSC3)c1. The predicted octanol–water partition coefficient (Wildman–Crippen LogP) is 3.76. The second-order valence-corrected chi connectivity index (χ2v) is 9.35. The Labute approximate surface area is 156 Å². The van der Waals surface area contributed by atoms with Crippen molar-refractivity contribution in [2.75, 3.05) is 11.1 Å². The minimum absolute atomic E-state index is 0.0167. The van der Waals surface area contributed by atoms with E-state index in [0.29, 0.717) is 22.9 Å². The first-order valence-electron chi connectivity index (χ1n) is 7.69. The van der Waals surface area contributed by atoms with Crippen molar-refractivity contribution in [1.82, 2.24) is 4.98 Å². The van der Waals surface area contributed by atoms with Gasteiger partial charge in [0.05, 0.1) is 21.9 Å². The molecule has 25 heavy (non-hydrogen) atoms. The molecule has 0 unspecified atom stereocenters. The summed E-state index contributed by atoms with van der Waals surface area (Å²) in [6, 6.07) is 8.80. The van der Waals surface area contributed by atoms with Gasteiger partial charge in [-0.25, -0.2) is 13.4 Å². The van der Waals surface area contributed by atoms with Gasteiger partial charge in [-0.05, 0) is 35.4 Å². The van der Waals surface area contributed by atoms with Crippen molar-refractivity contribution in [3.05, 3.63) is 51.7 Å². The molecular weight excluding hydrogens is 378 g/mol. The van der Waals surface area contributed by atoms with Crippen LogP contribution in [0.25, 0.3) is 0 Å². The van der Waals surface area contributed by atoms with E-state index in [1.807, 2.05) is 6.07 Å². The Balaban J connectivity index is 1.87. The number of sulfone groups is 1. The summed E-state index contributed by atoms with van der Waals surface area (Å²) in [5, 5.41) is 12.8. The zero-order valence-electron chi connectivity index (χ0n) is 13.5. The zero-order valence-corrected chi connectivity index (χ0v) is 15.9. The van der Waals surface area contributed by atoms with E-state index in [1.165, 1.54) is 6.07 Å². The van der Waals surface area contributed by atoms with Crippen molar-refractivity contribution in [2.24, 2.45) is 0 Å². The Morgan fingerprint density at radius 2 is 2.12 bits per heavy atom. The molecule has 0 amide bonds. The molecule has 2 heterocycles. The van der Waals surface area contributed by atoms with Gasteiger partial charge in [0.2, 0.25) is 0 Å². The number of nitriles is 1. The summed E-state index contributed by atoms with van der Waals surface area (Å²) in [5.41, 5.74) is 3.31. The van der Waals surface area contributed by atoms with E-state index >= 15 is 0 Å². The quantitative estimate of drug-likeness (QED) is 0.832. The molecule has 0 bridgehead atoms. The minimum Gasteiger partial charge on any atom is -0.365 e. The molecule has 5 nitrogen and oxygen atoms in total. The van der Waals surface area contributed by atoms with Crippen LogP contribution in [0.15, 0.2) is 29.2 Å². The molecule has 0 atom stereocenters.